The van der Waals surface area contributed by atoms with Crippen LogP contribution in [0.15, 0.2) is 60.7 Å². The molecular weight excluding hydrogens is 432 g/mol. The van der Waals surface area contributed by atoms with Crippen LogP contribution in [0.25, 0.3) is 0 Å². The van der Waals surface area contributed by atoms with Gasteiger partial charge in [0.25, 0.3) is 0 Å². The lowest BCUT2D eigenvalue weighted by molar-refractivity contribution is 0.0290. The highest BCUT2D eigenvalue weighted by molar-refractivity contribution is 5.69. The monoisotopic (exact) mass is 470 g/mol. The van der Waals surface area contributed by atoms with Gasteiger partial charge in [0, 0.05) is 0 Å². The SMILES string of the molecule is CC(C)(C)OC(=O)NC(Cc1ccccc1)C(O)[C@H](Cc1ccccc1)NC(=O)OC(C)(C)C. The van der Waals surface area contributed by atoms with Crippen LogP contribution in [-0.4, -0.2) is 46.7 Å². The molecule has 0 radical (unpaired) electrons. The molecule has 3 N–H and O–H groups in total. The number of rotatable bonds is 8. The normalized spacial score (nSPS) is 14.4. The lowest BCUT2D eigenvalue weighted by atomic mass is 9.92. The predicted octanol–water partition coefficient (Wildman–Crippen LogP) is 4.62. The number of benzene rings is 2. The molecule has 0 aliphatic rings. The summed E-state index contributed by atoms with van der Waals surface area (Å²) < 4.78 is 10.9. The number of nitrogens with one attached hydrogen (secondary N) is 2. The van der Waals surface area contributed by atoms with Crippen molar-refractivity contribution in [2.24, 2.45) is 0 Å². The Morgan fingerprint density at radius 3 is 1.32 bits per heavy atom. The van der Waals surface area contributed by atoms with Crippen molar-refractivity contribution in [1.29, 1.82) is 0 Å². The molecule has 2 rings (SSSR count). The van der Waals surface area contributed by atoms with Crippen molar-refractivity contribution >= 4 is 12.2 Å². The zero-order chi connectivity index (χ0) is 25.4. The Morgan fingerprint density at radius 2 is 1.03 bits per heavy atom. The molecule has 0 aromatic heterocycles. The van der Waals surface area contributed by atoms with Gasteiger partial charge < -0.3 is 25.2 Å². The first-order chi connectivity index (χ1) is 15.8. The van der Waals surface area contributed by atoms with E-state index in [-0.39, 0.29) is 0 Å². The first kappa shape index (κ1) is 27.2. The number of carbonyl (C=O) groups excluding carboxylic acids is 2. The zero-order valence-corrected chi connectivity index (χ0v) is 21.0. The first-order valence-electron chi connectivity index (χ1n) is 11.6. The minimum atomic E-state index is -1.12. The van der Waals surface area contributed by atoms with E-state index >= 15 is 0 Å². The molecule has 186 valence electrons. The van der Waals surface area contributed by atoms with E-state index < -0.39 is 41.6 Å². The van der Waals surface area contributed by atoms with Gasteiger partial charge in [0.1, 0.15) is 11.2 Å². The maximum atomic E-state index is 12.6. The number of hydrogen-bond donors (Lipinski definition) is 3. The Labute approximate surface area is 202 Å². The number of hydrogen-bond acceptors (Lipinski definition) is 5. The lowest BCUT2D eigenvalue weighted by Gasteiger charge is -2.32. The van der Waals surface area contributed by atoms with Gasteiger partial charge in [0.15, 0.2) is 0 Å². The second-order valence-electron chi connectivity index (χ2n) is 10.4. The molecule has 7 heteroatoms. The topological polar surface area (TPSA) is 96.9 Å². The zero-order valence-electron chi connectivity index (χ0n) is 21.0. The van der Waals surface area contributed by atoms with Gasteiger partial charge in [0.2, 0.25) is 0 Å². The molecule has 0 fully saturated rings. The number of alkyl carbamates (subject to hydrolysis) is 2. The first-order valence-corrected chi connectivity index (χ1v) is 11.6. The molecule has 7 nitrogen and oxygen atoms in total. The molecule has 2 aromatic carbocycles. The third-order valence-electron chi connectivity index (χ3n) is 4.83. The molecule has 2 amide bonds. The van der Waals surface area contributed by atoms with E-state index in [0.29, 0.717) is 12.8 Å². The summed E-state index contributed by atoms with van der Waals surface area (Å²) in [6.07, 6.45) is -1.70. The van der Waals surface area contributed by atoms with Crippen LogP contribution in [0.5, 0.6) is 0 Å². The Morgan fingerprint density at radius 1 is 0.706 bits per heavy atom. The molecule has 2 unspecified atom stereocenters. The Hall–Kier alpha value is -3.06. The molecule has 0 heterocycles. The standard InChI is InChI=1S/C27H38N2O5/c1-26(2,3)33-24(31)28-21(17-19-13-9-7-10-14-19)23(30)22(18-20-15-11-8-12-16-20)29-25(32)34-27(4,5)6/h7-16,21-23,30H,17-18H2,1-6H3,(H,28,31)(H,29,32)/t21-,22?,23?/m0/s1. The van der Waals surface area contributed by atoms with E-state index in [1.165, 1.54) is 0 Å². The Bertz CT molecular complexity index is 829. The summed E-state index contributed by atoms with van der Waals surface area (Å²) in [6.45, 7) is 10.7. The van der Waals surface area contributed by atoms with Crippen LogP contribution in [0, 0.1) is 0 Å². The second-order valence-corrected chi connectivity index (χ2v) is 10.4. The molecular formula is C27H38N2O5. The van der Waals surface area contributed by atoms with Crippen LogP contribution in [0.4, 0.5) is 9.59 Å². The van der Waals surface area contributed by atoms with Crippen LogP contribution in [-0.2, 0) is 22.3 Å². The maximum Gasteiger partial charge on any atom is 0.407 e. The van der Waals surface area contributed by atoms with E-state index in [4.69, 9.17) is 9.47 Å². The molecule has 0 aliphatic carbocycles. The molecule has 0 aliphatic heterocycles. The summed E-state index contributed by atoms with van der Waals surface area (Å²) in [5.74, 6) is 0. The Balaban J connectivity index is 2.30. The summed E-state index contributed by atoms with van der Waals surface area (Å²) in [5, 5.41) is 17.1. The fourth-order valence-electron chi connectivity index (χ4n) is 3.45. The molecule has 34 heavy (non-hydrogen) atoms. The smallest absolute Gasteiger partial charge is 0.407 e. The van der Waals surface area contributed by atoms with Crippen molar-refractivity contribution < 1.29 is 24.2 Å². The molecule has 0 saturated heterocycles. The van der Waals surface area contributed by atoms with Crippen molar-refractivity contribution in [1.82, 2.24) is 10.6 Å². The third-order valence-corrected chi connectivity index (χ3v) is 4.83. The summed E-state index contributed by atoms with van der Waals surface area (Å²) in [4.78, 5) is 25.2. The minimum absolute atomic E-state index is 0.350. The van der Waals surface area contributed by atoms with Crippen LogP contribution in [0.1, 0.15) is 52.7 Å². The average Bonchev–Trinajstić information content (AvgIpc) is 2.71. The maximum absolute atomic E-state index is 12.6. The largest absolute Gasteiger partial charge is 0.444 e. The van der Waals surface area contributed by atoms with E-state index in [1.54, 1.807) is 41.5 Å². The molecule has 2 aromatic rings. The van der Waals surface area contributed by atoms with Crippen LogP contribution in [0.3, 0.4) is 0 Å². The highest BCUT2D eigenvalue weighted by Crippen LogP contribution is 2.16. The molecule has 0 saturated carbocycles. The van der Waals surface area contributed by atoms with Crippen molar-refractivity contribution in [3.05, 3.63) is 71.8 Å². The highest BCUT2D eigenvalue weighted by Gasteiger charge is 2.33. The highest BCUT2D eigenvalue weighted by atomic mass is 16.6. The van der Waals surface area contributed by atoms with Crippen molar-refractivity contribution in [3.63, 3.8) is 0 Å². The van der Waals surface area contributed by atoms with E-state index in [9.17, 15) is 14.7 Å². The average molecular weight is 471 g/mol. The van der Waals surface area contributed by atoms with Gasteiger partial charge in [-0.3, -0.25) is 0 Å². The van der Waals surface area contributed by atoms with Gasteiger partial charge >= 0.3 is 12.2 Å². The van der Waals surface area contributed by atoms with E-state index in [0.717, 1.165) is 11.1 Å². The lowest BCUT2D eigenvalue weighted by Crippen LogP contribution is -2.56. The van der Waals surface area contributed by atoms with Crippen LogP contribution >= 0.6 is 0 Å². The number of amides is 2. The van der Waals surface area contributed by atoms with Crippen molar-refractivity contribution in [2.75, 3.05) is 0 Å². The number of aliphatic hydroxyl groups is 1. The van der Waals surface area contributed by atoms with Crippen molar-refractivity contribution in [3.8, 4) is 0 Å². The summed E-state index contributed by atoms with van der Waals surface area (Å²) in [7, 11) is 0. The molecule has 0 spiro atoms. The number of carbonyl (C=O) groups is 2. The van der Waals surface area contributed by atoms with E-state index in [1.807, 2.05) is 60.7 Å². The summed E-state index contributed by atoms with van der Waals surface area (Å²) in [5.41, 5.74) is 0.478. The van der Waals surface area contributed by atoms with Gasteiger partial charge in [0.05, 0.1) is 18.2 Å². The Kier molecular flexibility index (Phi) is 9.50. The van der Waals surface area contributed by atoms with Gasteiger partial charge in [-0.2, -0.15) is 0 Å². The third kappa shape index (κ3) is 10.3. The summed E-state index contributed by atoms with van der Waals surface area (Å²) in [6, 6.07) is 17.6. The fourth-order valence-corrected chi connectivity index (χ4v) is 3.45. The predicted molar refractivity (Wildman–Crippen MR) is 133 cm³/mol. The van der Waals surface area contributed by atoms with Gasteiger partial charge in [-0.05, 0) is 65.5 Å². The summed E-state index contributed by atoms with van der Waals surface area (Å²) >= 11 is 0. The quantitative estimate of drug-likeness (QED) is 0.523. The molecule has 3 atom stereocenters. The van der Waals surface area contributed by atoms with E-state index in [2.05, 4.69) is 10.6 Å². The second kappa shape index (κ2) is 11.9. The minimum Gasteiger partial charge on any atom is -0.444 e. The van der Waals surface area contributed by atoms with Crippen LogP contribution in [0.2, 0.25) is 0 Å². The van der Waals surface area contributed by atoms with Gasteiger partial charge in [-0.25, -0.2) is 9.59 Å². The van der Waals surface area contributed by atoms with Crippen LogP contribution < -0.4 is 10.6 Å². The number of ether oxygens (including phenoxy) is 2. The van der Waals surface area contributed by atoms with Gasteiger partial charge in [-0.15, -0.1) is 0 Å². The van der Waals surface area contributed by atoms with Gasteiger partial charge in [-0.1, -0.05) is 60.7 Å². The fraction of sp³-hybridized carbons (Fsp3) is 0.481. The van der Waals surface area contributed by atoms with Crippen molar-refractivity contribution in [2.45, 2.75) is 83.8 Å². The molecule has 0 bridgehead atoms. The number of aliphatic hydroxyl groups excluding tert-OH is 1.